The molecule has 3 heteroatoms. The first-order valence-electron chi connectivity index (χ1n) is 2.91. The fraction of sp³-hybridized carbons (Fsp3) is 1.00. The molecule has 0 aromatic carbocycles. The van der Waals surface area contributed by atoms with Gasteiger partial charge in [0.25, 0.3) is 0 Å². The molecule has 62 valence electrons. The summed E-state index contributed by atoms with van der Waals surface area (Å²) in [5.74, 6) is 0. The Kier molecular flexibility index (Phi) is 56.6. The van der Waals surface area contributed by atoms with E-state index in [9.17, 15) is 0 Å². The fourth-order valence-corrected chi connectivity index (χ4v) is 0.500. The molecule has 0 N–H and O–H groups in total. The number of hydrogen-bond donors (Lipinski definition) is 0. The van der Waals surface area contributed by atoms with Gasteiger partial charge in [-0.3, -0.25) is 0 Å². The van der Waals surface area contributed by atoms with Gasteiger partial charge in [-0.25, -0.2) is 0 Å². The SMILES string of the molecule is Br.Br.Br.CCCCCC. The molecule has 0 saturated heterocycles. The van der Waals surface area contributed by atoms with Crippen molar-refractivity contribution < 1.29 is 0 Å². The molecular weight excluding hydrogens is 312 g/mol. The summed E-state index contributed by atoms with van der Waals surface area (Å²) in [6.07, 6.45) is 5.54. The standard InChI is InChI=1S/C6H14.3BrH/c1-3-5-6-4-2;;;/h3-6H2,1-2H3;3*1H. The summed E-state index contributed by atoms with van der Waals surface area (Å²) in [5.41, 5.74) is 0. The number of unbranched alkanes of at least 4 members (excludes halogenated alkanes) is 3. The molecule has 0 amide bonds. The quantitative estimate of drug-likeness (QED) is 0.677. The molecular formula is C6H17Br3. The highest BCUT2D eigenvalue weighted by Crippen LogP contribution is 1.95. The van der Waals surface area contributed by atoms with Gasteiger partial charge in [0.2, 0.25) is 0 Å². The van der Waals surface area contributed by atoms with E-state index < -0.39 is 0 Å². The Balaban J connectivity index is -0.0000000417. The van der Waals surface area contributed by atoms with E-state index in [4.69, 9.17) is 0 Å². The van der Waals surface area contributed by atoms with Gasteiger partial charge in [-0.05, 0) is 0 Å². The van der Waals surface area contributed by atoms with E-state index in [1.54, 1.807) is 0 Å². The van der Waals surface area contributed by atoms with Crippen LogP contribution in [0.4, 0.5) is 0 Å². The van der Waals surface area contributed by atoms with Crippen LogP contribution in [0.2, 0.25) is 0 Å². The third-order valence-corrected chi connectivity index (χ3v) is 0.957. The van der Waals surface area contributed by atoms with Crippen LogP contribution in [-0.4, -0.2) is 0 Å². The molecule has 0 atom stereocenters. The van der Waals surface area contributed by atoms with Gasteiger partial charge in [0, 0.05) is 0 Å². The maximum atomic E-state index is 2.23. The van der Waals surface area contributed by atoms with Gasteiger partial charge in [-0.1, -0.05) is 39.5 Å². The molecule has 0 bridgehead atoms. The lowest BCUT2D eigenvalue weighted by Gasteiger charge is -1.86. The first-order valence-corrected chi connectivity index (χ1v) is 2.91. The van der Waals surface area contributed by atoms with Crippen molar-refractivity contribution in [3.8, 4) is 0 Å². The highest BCUT2D eigenvalue weighted by molar-refractivity contribution is 8.93. The van der Waals surface area contributed by atoms with Crippen molar-refractivity contribution in [1.82, 2.24) is 0 Å². The number of halogens is 3. The van der Waals surface area contributed by atoms with E-state index in [2.05, 4.69) is 13.8 Å². The molecule has 0 saturated carbocycles. The Hall–Kier alpha value is 1.44. The summed E-state index contributed by atoms with van der Waals surface area (Å²) in [5, 5.41) is 0. The van der Waals surface area contributed by atoms with Crippen molar-refractivity contribution in [2.24, 2.45) is 0 Å². The van der Waals surface area contributed by atoms with E-state index in [0.29, 0.717) is 0 Å². The lowest BCUT2D eigenvalue weighted by atomic mass is 10.2. The normalized spacial score (nSPS) is 6.00. The van der Waals surface area contributed by atoms with Gasteiger partial charge in [0.1, 0.15) is 0 Å². The van der Waals surface area contributed by atoms with Crippen LogP contribution in [0, 0.1) is 0 Å². The summed E-state index contributed by atoms with van der Waals surface area (Å²) in [4.78, 5) is 0. The molecule has 0 aliphatic carbocycles. The van der Waals surface area contributed by atoms with Crippen molar-refractivity contribution in [1.29, 1.82) is 0 Å². The lowest BCUT2D eigenvalue weighted by molar-refractivity contribution is 0.702. The largest absolute Gasteiger partial charge is 0.114 e. The van der Waals surface area contributed by atoms with Gasteiger partial charge in [0.05, 0.1) is 0 Å². The summed E-state index contributed by atoms with van der Waals surface area (Å²) >= 11 is 0. The number of rotatable bonds is 3. The van der Waals surface area contributed by atoms with Crippen LogP contribution < -0.4 is 0 Å². The van der Waals surface area contributed by atoms with Gasteiger partial charge in [0.15, 0.2) is 0 Å². The average Bonchev–Trinajstić information content (AvgIpc) is 1.61. The van der Waals surface area contributed by atoms with Crippen molar-refractivity contribution in [2.75, 3.05) is 0 Å². The molecule has 0 fully saturated rings. The van der Waals surface area contributed by atoms with Crippen LogP contribution >= 0.6 is 50.9 Å². The van der Waals surface area contributed by atoms with E-state index in [1.807, 2.05) is 0 Å². The topological polar surface area (TPSA) is 0 Å². The summed E-state index contributed by atoms with van der Waals surface area (Å²) < 4.78 is 0. The predicted molar refractivity (Wildman–Crippen MR) is 60.8 cm³/mol. The maximum Gasteiger partial charge on any atom is -0.0536 e. The lowest BCUT2D eigenvalue weighted by Crippen LogP contribution is -1.66. The third-order valence-electron chi connectivity index (χ3n) is 0.957. The Morgan fingerprint density at radius 1 is 0.667 bits per heavy atom. The van der Waals surface area contributed by atoms with E-state index in [-0.39, 0.29) is 50.9 Å². The van der Waals surface area contributed by atoms with Crippen molar-refractivity contribution in [2.45, 2.75) is 39.5 Å². The highest BCUT2D eigenvalue weighted by atomic mass is 79.9. The Bertz CT molecular complexity index is 20.3. The maximum absolute atomic E-state index is 2.23. The molecule has 9 heavy (non-hydrogen) atoms. The minimum Gasteiger partial charge on any atom is -0.114 e. The van der Waals surface area contributed by atoms with Crippen LogP contribution in [0.3, 0.4) is 0 Å². The summed E-state index contributed by atoms with van der Waals surface area (Å²) in [6, 6.07) is 0. The molecule has 0 nitrogen and oxygen atoms in total. The van der Waals surface area contributed by atoms with Crippen LogP contribution in [0.15, 0.2) is 0 Å². The molecule has 0 aromatic rings. The number of hydrogen-bond acceptors (Lipinski definition) is 0. The van der Waals surface area contributed by atoms with Gasteiger partial charge in [-0.2, -0.15) is 0 Å². The zero-order valence-corrected chi connectivity index (χ0v) is 11.2. The van der Waals surface area contributed by atoms with Crippen LogP contribution in [0.25, 0.3) is 0 Å². The Labute approximate surface area is 90.1 Å². The molecule has 0 heterocycles. The molecule has 0 aliphatic rings. The van der Waals surface area contributed by atoms with Crippen LogP contribution in [0.5, 0.6) is 0 Å². The average molecular weight is 329 g/mol. The Morgan fingerprint density at radius 3 is 1.00 bits per heavy atom. The van der Waals surface area contributed by atoms with Crippen LogP contribution in [-0.2, 0) is 0 Å². The van der Waals surface area contributed by atoms with Gasteiger partial charge in [-0.15, -0.1) is 50.9 Å². The monoisotopic (exact) mass is 326 g/mol. The summed E-state index contributed by atoms with van der Waals surface area (Å²) in [6.45, 7) is 4.46. The fourth-order valence-electron chi connectivity index (χ4n) is 0.500. The second-order valence-electron chi connectivity index (χ2n) is 1.71. The first-order chi connectivity index (χ1) is 2.91. The minimum atomic E-state index is 0. The zero-order valence-electron chi connectivity index (χ0n) is 6.05. The van der Waals surface area contributed by atoms with Gasteiger partial charge >= 0.3 is 0 Å². The molecule has 0 aliphatic heterocycles. The third kappa shape index (κ3) is 26.5. The van der Waals surface area contributed by atoms with Crippen molar-refractivity contribution in [3.63, 3.8) is 0 Å². The van der Waals surface area contributed by atoms with Crippen LogP contribution in [0.1, 0.15) is 39.5 Å². The second kappa shape index (κ2) is 22.7. The van der Waals surface area contributed by atoms with E-state index in [0.717, 1.165) is 0 Å². The van der Waals surface area contributed by atoms with E-state index in [1.165, 1.54) is 25.7 Å². The first kappa shape index (κ1) is 22.4. The molecule has 0 radical (unpaired) electrons. The van der Waals surface area contributed by atoms with Crippen molar-refractivity contribution >= 4 is 50.9 Å². The molecule has 0 rings (SSSR count). The second-order valence-corrected chi connectivity index (χ2v) is 1.71. The van der Waals surface area contributed by atoms with Gasteiger partial charge < -0.3 is 0 Å². The molecule has 0 spiro atoms. The minimum absolute atomic E-state index is 0. The predicted octanol–water partition coefficient (Wildman–Crippen LogP) is 4.32. The Morgan fingerprint density at radius 2 is 0.889 bits per heavy atom. The van der Waals surface area contributed by atoms with Crippen molar-refractivity contribution in [3.05, 3.63) is 0 Å². The summed E-state index contributed by atoms with van der Waals surface area (Å²) in [7, 11) is 0. The van der Waals surface area contributed by atoms with E-state index >= 15 is 0 Å². The zero-order chi connectivity index (χ0) is 4.83. The smallest absolute Gasteiger partial charge is 0.0536 e. The molecule has 0 aromatic heterocycles. The highest BCUT2D eigenvalue weighted by Gasteiger charge is 1.75. The molecule has 0 unspecified atom stereocenters.